The van der Waals surface area contributed by atoms with Crippen molar-refractivity contribution < 1.29 is 13.5 Å². The molecule has 1 unspecified atom stereocenters. The molecule has 0 aliphatic carbocycles. The van der Waals surface area contributed by atoms with Crippen molar-refractivity contribution >= 4 is 54.7 Å². The van der Waals surface area contributed by atoms with Gasteiger partial charge in [-0.05, 0) is 42.3 Å². The Balaban J connectivity index is 1.97. The van der Waals surface area contributed by atoms with Crippen LogP contribution in [0.4, 0.5) is 17.5 Å². The average Bonchev–Trinajstić information content (AvgIpc) is 3.00. The quantitative estimate of drug-likeness (QED) is 0.515. The van der Waals surface area contributed by atoms with E-state index in [0.29, 0.717) is 34.9 Å². The van der Waals surface area contributed by atoms with Crippen molar-refractivity contribution in [3.8, 4) is 0 Å². The Kier molecular flexibility index (Phi) is 5.54. The molecule has 0 aromatic carbocycles. The fourth-order valence-corrected chi connectivity index (χ4v) is 5.10. The Morgan fingerprint density at radius 3 is 2.92 bits per heavy atom. The molecule has 8 nitrogen and oxygen atoms in total. The number of anilines is 3. The van der Waals surface area contributed by atoms with E-state index < -0.39 is 15.6 Å². The highest BCUT2D eigenvalue weighted by Gasteiger charge is 2.28. The minimum Gasteiger partial charge on any atom is -0.390 e. The zero-order chi connectivity index (χ0) is 18.9. The summed E-state index contributed by atoms with van der Waals surface area (Å²) < 4.78 is 28.4. The van der Waals surface area contributed by atoms with Gasteiger partial charge in [-0.25, -0.2) is 18.1 Å². The van der Waals surface area contributed by atoms with Crippen LogP contribution < -0.4 is 15.4 Å². The second kappa shape index (κ2) is 7.39. The first-order chi connectivity index (χ1) is 12.1. The molecule has 1 atom stereocenters. The molecule has 2 aromatic rings. The summed E-state index contributed by atoms with van der Waals surface area (Å²) >= 11 is 4.54. The van der Waals surface area contributed by atoms with Crippen molar-refractivity contribution in [1.29, 1.82) is 0 Å². The van der Waals surface area contributed by atoms with Crippen LogP contribution in [0, 0.1) is 5.92 Å². The molecule has 142 valence electrons. The normalized spacial score (nSPS) is 20.5. The van der Waals surface area contributed by atoms with Gasteiger partial charge in [-0.15, -0.1) is 11.3 Å². The van der Waals surface area contributed by atoms with Gasteiger partial charge in [0.05, 0.1) is 15.8 Å². The van der Waals surface area contributed by atoms with Crippen molar-refractivity contribution in [3.63, 3.8) is 0 Å². The number of thiophene rings is 1. The molecule has 0 spiro atoms. The second-order valence-corrected chi connectivity index (χ2v) is 10.3. The third kappa shape index (κ3) is 4.52. The van der Waals surface area contributed by atoms with Crippen LogP contribution in [-0.2, 0) is 10.0 Å². The minimum atomic E-state index is -3.59. The SMILES string of the molecule is CC(C)(O)C1CCNS(=O)(=O)c2cc(cs2)Nc2ncc(Br)c(n2)NC1. The summed E-state index contributed by atoms with van der Waals surface area (Å²) in [5.74, 6) is 0.762. The van der Waals surface area contributed by atoms with E-state index in [-0.39, 0.29) is 16.7 Å². The van der Waals surface area contributed by atoms with E-state index in [1.165, 1.54) is 0 Å². The number of halogens is 1. The summed E-state index contributed by atoms with van der Waals surface area (Å²) in [6.45, 7) is 4.09. The highest BCUT2D eigenvalue weighted by molar-refractivity contribution is 9.10. The summed E-state index contributed by atoms with van der Waals surface area (Å²) in [6.07, 6.45) is 2.09. The van der Waals surface area contributed by atoms with Crippen LogP contribution in [0.15, 0.2) is 26.3 Å². The molecule has 1 aliphatic heterocycles. The van der Waals surface area contributed by atoms with E-state index in [4.69, 9.17) is 0 Å². The zero-order valence-corrected chi connectivity index (χ0v) is 17.5. The van der Waals surface area contributed by atoms with E-state index in [9.17, 15) is 13.5 Å². The fourth-order valence-electron chi connectivity index (χ4n) is 2.57. The number of nitrogens with zero attached hydrogens (tertiary/aromatic N) is 2. The van der Waals surface area contributed by atoms with Gasteiger partial charge in [0.15, 0.2) is 0 Å². The van der Waals surface area contributed by atoms with Gasteiger partial charge in [-0.3, -0.25) is 0 Å². The Bertz CT molecular complexity index is 895. The minimum absolute atomic E-state index is 0.190. The van der Waals surface area contributed by atoms with E-state index >= 15 is 0 Å². The average molecular weight is 462 g/mol. The van der Waals surface area contributed by atoms with Crippen LogP contribution in [0.25, 0.3) is 0 Å². The molecule has 2 aromatic heterocycles. The summed E-state index contributed by atoms with van der Waals surface area (Å²) in [5.41, 5.74) is -0.373. The Labute approximate surface area is 164 Å². The van der Waals surface area contributed by atoms with Gasteiger partial charge in [0, 0.05) is 30.6 Å². The third-order valence-corrected chi connectivity index (χ3v) is 7.62. The van der Waals surface area contributed by atoms with Crippen LogP contribution in [0.5, 0.6) is 0 Å². The van der Waals surface area contributed by atoms with Crippen LogP contribution >= 0.6 is 27.3 Å². The maximum Gasteiger partial charge on any atom is 0.250 e. The van der Waals surface area contributed by atoms with Gasteiger partial charge < -0.3 is 15.7 Å². The first-order valence-corrected chi connectivity index (χ1v) is 11.1. The molecule has 3 heterocycles. The maximum absolute atomic E-state index is 12.4. The lowest BCUT2D eigenvalue weighted by atomic mass is 9.88. The predicted octanol–water partition coefficient (Wildman–Crippen LogP) is 2.53. The standard InChI is InChI=1S/C15H20BrN5O3S2/c1-15(2,22)9-3-4-19-26(23,24)12-5-10(8-25-12)20-14-18-7-11(16)13(21-14)17-6-9/h5,7-9,19,22H,3-4,6H2,1-2H3,(H2,17,18,20,21). The fraction of sp³-hybridized carbons (Fsp3) is 0.467. The first kappa shape index (κ1) is 19.5. The first-order valence-electron chi connectivity index (χ1n) is 7.99. The van der Waals surface area contributed by atoms with Crippen LogP contribution in [0.1, 0.15) is 20.3 Å². The van der Waals surface area contributed by atoms with E-state index in [1.807, 2.05) is 0 Å². The molecule has 11 heteroatoms. The molecule has 26 heavy (non-hydrogen) atoms. The lowest BCUT2D eigenvalue weighted by Crippen LogP contribution is -2.38. The lowest BCUT2D eigenvalue weighted by molar-refractivity contribution is 0.0195. The monoisotopic (exact) mass is 461 g/mol. The van der Waals surface area contributed by atoms with Crippen molar-refractivity contribution in [2.45, 2.75) is 30.1 Å². The van der Waals surface area contributed by atoms with Crippen molar-refractivity contribution in [2.75, 3.05) is 23.7 Å². The number of nitrogens with one attached hydrogen (secondary N) is 3. The zero-order valence-electron chi connectivity index (χ0n) is 14.3. The van der Waals surface area contributed by atoms with E-state index in [2.05, 4.69) is 41.3 Å². The predicted molar refractivity (Wildman–Crippen MR) is 105 cm³/mol. The number of fused-ring (bicyclic) bond motifs is 4. The number of rotatable bonds is 1. The number of aromatic nitrogens is 2. The van der Waals surface area contributed by atoms with Gasteiger partial charge in [-0.1, -0.05) is 0 Å². The van der Waals surface area contributed by atoms with Gasteiger partial charge in [0.25, 0.3) is 0 Å². The molecule has 0 saturated heterocycles. The number of aliphatic hydroxyl groups is 1. The molecule has 0 radical (unpaired) electrons. The Morgan fingerprint density at radius 1 is 1.42 bits per heavy atom. The maximum atomic E-state index is 12.4. The van der Waals surface area contributed by atoms with Crippen molar-refractivity contribution in [3.05, 3.63) is 22.1 Å². The van der Waals surface area contributed by atoms with E-state index in [1.54, 1.807) is 31.5 Å². The summed E-state index contributed by atoms with van der Waals surface area (Å²) in [6, 6.07) is 1.55. The third-order valence-electron chi connectivity index (χ3n) is 4.14. The summed E-state index contributed by atoms with van der Waals surface area (Å²) in [7, 11) is -3.59. The number of hydrogen-bond acceptors (Lipinski definition) is 8. The van der Waals surface area contributed by atoms with Crippen LogP contribution in [-0.4, -0.2) is 42.2 Å². The van der Waals surface area contributed by atoms with Crippen molar-refractivity contribution in [1.82, 2.24) is 14.7 Å². The molecule has 4 bridgehead atoms. The van der Waals surface area contributed by atoms with Gasteiger partial charge in [0.1, 0.15) is 10.0 Å². The molecular weight excluding hydrogens is 442 g/mol. The van der Waals surface area contributed by atoms with Gasteiger partial charge in [0.2, 0.25) is 16.0 Å². The van der Waals surface area contributed by atoms with Gasteiger partial charge in [-0.2, -0.15) is 4.98 Å². The highest BCUT2D eigenvalue weighted by Crippen LogP contribution is 2.29. The number of sulfonamides is 1. The molecular formula is C15H20BrN5O3S2. The molecule has 0 amide bonds. The Hall–Kier alpha value is -1.27. The lowest BCUT2D eigenvalue weighted by Gasteiger charge is -2.30. The molecule has 1 aliphatic rings. The van der Waals surface area contributed by atoms with Crippen LogP contribution in [0.2, 0.25) is 0 Å². The smallest absolute Gasteiger partial charge is 0.250 e. The highest BCUT2D eigenvalue weighted by atomic mass is 79.9. The van der Waals surface area contributed by atoms with Crippen LogP contribution in [0.3, 0.4) is 0 Å². The summed E-state index contributed by atoms with van der Waals surface area (Å²) in [5, 5.41) is 18.4. The topological polar surface area (TPSA) is 116 Å². The Morgan fingerprint density at radius 2 is 2.19 bits per heavy atom. The molecule has 0 fully saturated rings. The number of hydrogen-bond donors (Lipinski definition) is 4. The largest absolute Gasteiger partial charge is 0.390 e. The van der Waals surface area contributed by atoms with Crippen molar-refractivity contribution in [2.24, 2.45) is 5.92 Å². The van der Waals surface area contributed by atoms with E-state index in [0.717, 1.165) is 11.3 Å². The second-order valence-electron chi connectivity index (χ2n) is 6.59. The van der Waals surface area contributed by atoms with Gasteiger partial charge >= 0.3 is 0 Å². The molecule has 4 N–H and O–H groups in total. The molecule has 3 rings (SSSR count). The summed E-state index contributed by atoms with van der Waals surface area (Å²) in [4.78, 5) is 8.62. The molecule has 0 saturated carbocycles.